The molecule has 2 aromatic rings. The van der Waals surface area contributed by atoms with Gasteiger partial charge in [-0.25, -0.2) is 0 Å². The number of thiophene rings is 1. The maximum Gasteiger partial charge on any atom is -0.147 e. The molecule has 0 radical (unpaired) electrons. The van der Waals surface area contributed by atoms with E-state index in [0.717, 1.165) is 0 Å². The minimum Gasteiger partial charge on any atom is -0.147 e. The number of hydrogen-bond donors (Lipinski definition) is 0. The van der Waals surface area contributed by atoms with E-state index >= 15 is 0 Å². The third kappa shape index (κ3) is 4.11. The molecule has 2 unspecified atom stereocenters. The van der Waals surface area contributed by atoms with Crippen molar-refractivity contribution < 1.29 is 20.4 Å². The van der Waals surface area contributed by atoms with Gasteiger partial charge in [0.1, 0.15) is 0 Å². The molecule has 2 atom stereocenters. The Hall–Kier alpha value is -0.180. The summed E-state index contributed by atoms with van der Waals surface area (Å²) in [5.74, 6) is 0.666. The molecule has 1 heterocycles. The van der Waals surface area contributed by atoms with Crippen LogP contribution in [0, 0.1) is 5.92 Å². The summed E-state index contributed by atoms with van der Waals surface area (Å²) in [7, 11) is 0. The summed E-state index contributed by atoms with van der Waals surface area (Å²) in [6, 6.07) is 11.6. The Balaban J connectivity index is 0.00000160. The minimum absolute atomic E-state index is 0. The molecular formula is C25H32Cl2SSiZr. The maximum absolute atomic E-state index is 2.61. The van der Waals surface area contributed by atoms with Crippen LogP contribution in [0.5, 0.6) is 0 Å². The topological polar surface area (TPSA) is 0 Å². The molecule has 30 heavy (non-hydrogen) atoms. The maximum atomic E-state index is 2.61. The van der Waals surface area contributed by atoms with Crippen molar-refractivity contribution in [3.8, 4) is 0 Å². The molecule has 0 saturated heterocycles. The average molecular weight is 555 g/mol. The van der Waals surface area contributed by atoms with E-state index in [9.17, 15) is 0 Å². The SMILES string of the molecule is CC1=C(C)C(C)[C]([Zr]([CH]2C(C)=C(c3ccsc3)c3ccccc32)=[Si](C)C)=C1C.Cl.Cl. The van der Waals surface area contributed by atoms with Gasteiger partial charge < -0.3 is 0 Å². The molecule has 0 aliphatic heterocycles. The molecule has 0 amide bonds. The molecular weight excluding hydrogens is 523 g/mol. The summed E-state index contributed by atoms with van der Waals surface area (Å²) in [6.07, 6.45) is 0. The summed E-state index contributed by atoms with van der Waals surface area (Å²) in [4.78, 5) is 0. The number of hydrogen-bond acceptors (Lipinski definition) is 1. The van der Waals surface area contributed by atoms with Crippen LogP contribution in [0.25, 0.3) is 5.57 Å². The van der Waals surface area contributed by atoms with E-state index in [1.165, 1.54) is 16.7 Å². The normalized spacial score (nSPS) is 20.2. The third-order valence-corrected chi connectivity index (χ3v) is 26.6. The van der Waals surface area contributed by atoms with Crippen LogP contribution in [0.3, 0.4) is 0 Å². The van der Waals surface area contributed by atoms with Crippen molar-refractivity contribution in [2.24, 2.45) is 5.92 Å². The van der Waals surface area contributed by atoms with Crippen LogP contribution in [-0.4, -0.2) is 5.43 Å². The fraction of sp³-hybridized carbons (Fsp3) is 0.360. The van der Waals surface area contributed by atoms with E-state index in [0.29, 0.717) is 9.54 Å². The zero-order chi connectivity index (χ0) is 20.2. The average Bonchev–Trinajstić information content (AvgIpc) is 3.33. The smallest absolute Gasteiger partial charge is 0.147 e. The number of fused-ring (bicyclic) bond motifs is 1. The standard InChI is InChI=1S/C14H11S.C9H13.C2H6Si.2ClH.Zr/c1-10-8-11-4-2-3-5-13(11)14(10)12-6-7-15-9-12;1-6-5-7(2)9(4)8(6)3;1-3-2;;;/h2-9H,1H3;6H,1-4H3;1-2H3;2*1H;. The van der Waals surface area contributed by atoms with Gasteiger partial charge in [0.05, 0.1) is 0 Å². The molecule has 0 nitrogen and oxygen atoms in total. The van der Waals surface area contributed by atoms with Crippen LogP contribution in [0.2, 0.25) is 13.1 Å². The van der Waals surface area contributed by atoms with Gasteiger partial charge in [-0.15, -0.1) is 24.8 Å². The minimum atomic E-state index is -1.91. The Bertz CT molecular complexity index is 1090. The van der Waals surface area contributed by atoms with Crippen molar-refractivity contribution in [3.05, 3.63) is 83.4 Å². The first-order valence-electron chi connectivity index (χ1n) is 10.2. The van der Waals surface area contributed by atoms with Crippen LogP contribution in [0.1, 0.15) is 54.9 Å². The molecule has 160 valence electrons. The molecule has 0 bridgehead atoms. The van der Waals surface area contributed by atoms with E-state index < -0.39 is 20.4 Å². The second-order valence-electron chi connectivity index (χ2n) is 8.57. The molecule has 5 heteroatoms. The van der Waals surface area contributed by atoms with Crippen molar-refractivity contribution in [3.63, 3.8) is 0 Å². The Morgan fingerprint density at radius 1 is 0.900 bits per heavy atom. The van der Waals surface area contributed by atoms with Crippen molar-refractivity contribution in [2.45, 2.75) is 51.3 Å². The second kappa shape index (κ2) is 10.2. The Morgan fingerprint density at radius 2 is 1.57 bits per heavy atom. The fourth-order valence-electron chi connectivity index (χ4n) is 5.24. The first kappa shape index (κ1) is 26.1. The van der Waals surface area contributed by atoms with Crippen molar-refractivity contribution in [2.75, 3.05) is 0 Å². The monoisotopic (exact) mass is 552 g/mol. The fourth-order valence-corrected chi connectivity index (χ4v) is 26.5. The Morgan fingerprint density at radius 3 is 2.10 bits per heavy atom. The summed E-state index contributed by atoms with van der Waals surface area (Å²) in [5, 5.41) is 4.56. The number of allylic oxidation sites excluding steroid dienone is 5. The molecule has 0 N–H and O–H groups in total. The zero-order valence-corrected chi connectivity index (χ0v) is 24.8. The quantitative estimate of drug-likeness (QED) is 0.333. The van der Waals surface area contributed by atoms with Crippen molar-refractivity contribution in [1.29, 1.82) is 0 Å². The first-order valence-corrected chi connectivity index (χ1v) is 20.0. The van der Waals surface area contributed by atoms with Gasteiger partial charge in [-0.3, -0.25) is 0 Å². The summed E-state index contributed by atoms with van der Waals surface area (Å²) < 4.78 is 2.63. The summed E-state index contributed by atoms with van der Waals surface area (Å²) >= 11 is -0.0882. The molecule has 2 aliphatic carbocycles. The largest absolute Gasteiger partial charge is 0.147 e. The van der Waals surface area contributed by atoms with Crippen LogP contribution >= 0.6 is 36.2 Å². The Labute approximate surface area is 206 Å². The van der Waals surface area contributed by atoms with Crippen LogP contribution in [0.4, 0.5) is 0 Å². The molecule has 1 aromatic carbocycles. The third-order valence-electron chi connectivity index (χ3n) is 6.94. The number of benzene rings is 1. The molecule has 2 aliphatic rings. The van der Waals surface area contributed by atoms with Gasteiger partial charge in [-0.05, 0) is 0 Å². The molecule has 0 spiro atoms. The van der Waals surface area contributed by atoms with E-state index in [4.69, 9.17) is 0 Å². The second-order valence-corrected chi connectivity index (χ2v) is 26.7. The van der Waals surface area contributed by atoms with Gasteiger partial charge in [0.2, 0.25) is 0 Å². The van der Waals surface area contributed by atoms with Gasteiger partial charge in [0.25, 0.3) is 0 Å². The van der Waals surface area contributed by atoms with E-state index in [-0.39, 0.29) is 30.2 Å². The molecule has 0 fully saturated rings. The van der Waals surface area contributed by atoms with E-state index in [1.807, 2.05) is 14.6 Å². The van der Waals surface area contributed by atoms with Crippen LogP contribution in [0.15, 0.2) is 66.7 Å². The predicted molar refractivity (Wildman–Crippen MR) is 137 cm³/mol. The summed E-state index contributed by atoms with van der Waals surface area (Å²) in [5.41, 5.74) is 12.3. The van der Waals surface area contributed by atoms with Crippen LogP contribution in [-0.2, 0) is 20.4 Å². The first-order chi connectivity index (χ1) is 13.3. The van der Waals surface area contributed by atoms with Gasteiger partial charge in [-0.1, -0.05) is 0 Å². The van der Waals surface area contributed by atoms with Crippen molar-refractivity contribution in [1.82, 2.24) is 0 Å². The zero-order valence-electron chi connectivity index (χ0n) is 18.9. The number of halogens is 2. The van der Waals surface area contributed by atoms with Gasteiger partial charge in [-0.2, -0.15) is 0 Å². The van der Waals surface area contributed by atoms with Gasteiger partial charge in [0.15, 0.2) is 0 Å². The molecule has 0 saturated carbocycles. The Kier molecular flexibility index (Phi) is 8.84. The van der Waals surface area contributed by atoms with Gasteiger partial charge >= 0.3 is 183 Å². The van der Waals surface area contributed by atoms with Gasteiger partial charge in [0, 0.05) is 0 Å². The molecule has 1 aromatic heterocycles. The van der Waals surface area contributed by atoms with Crippen LogP contribution < -0.4 is 0 Å². The van der Waals surface area contributed by atoms with E-state index in [1.54, 1.807) is 27.9 Å². The number of rotatable bonds is 3. The predicted octanol–water partition coefficient (Wildman–Crippen LogP) is 8.60. The molecule has 4 rings (SSSR count). The van der Waals surface area contributed by atoms with Crippen molar-refractivity contribution >= 4 is 47.2 Å². The van der Waals surface area contributed by atoms with E-state index in [2.05, 4.69) is 88.8 Å². The summed E-state index contributed by atoms with van der Waals surface area (Å²) in [6.45, 7) is 17.3.